The fourth-order valence-electron chi connectivity index (χ4n) is 2.71. The molecule has 0 saturated carbocycles. The van der Waals surface area contributed by atoms with E-state index in [1.165, 1.54) is 0 Å². The summed E-state index contributed by atoms with van der Waals surface area (Å²) < 4.78 is 25.8. The molecule has 0 aromatic rings. The zero-order valence-electron chi connectivity index (χ0n) is 14.7. The Hall–Kier alpha value is -0.130. The first-order valence-corrected chi connectivity index (χ1v) is 9.34. The van der Waals surface area contributed by atoms with Crippen molar-refractivity contribution in [2.24, 2.45) is 11.3 Å². The Labute approximate surface area is 131 Å². The van der Waals surface area contributed by atoms with E-state index in [-0.39, 0.29) is 5.41 Å². The molecule has 126 valence electrons. The Balaban J connectivity index is 2.66. The first-order chi connectivity index (χ1) is 9.18. The van der Waals surface area contributed by atoms with E-state index in [0.717, 1.165) is 19.3 Å². The van der Waals surface area contributed by atoms with Crippen molar-refractivity contribution in [1.82, 2.24) is 4.31 Å². The molecule has 0 atom stereocenters. The van der Waals surface area contributed by atoms with Crippen molar-refractivity contribution in [3.05, 3.63) is 0 Å². The van der Waals surface area contributed by atoms with Gasteiger partial charge in [0.1, 0.15) is 0 Å². The lowest BCUT2D eigenvalue weighted by atomic mass is 9.70. The van der Waals surface area contributed by atoms with E-state index >= 15 is 0 Å². The van der Waals surface area contributed by atoms with E-state index in [0.29, 0.717) is 19.0 Å². The number of nitrogens with zero attached hydrogens (tertiary/aromatic N) is 1. The summed E-state index contributed by atoms with van der Waals surface area (Å²) in [6, 6.07) is 0. The van der Waals surface area contributed by atoms with Crippen LogP contribution in [0, 0.1) is 11.3 Å². The van der Waals surface area contributed by atoms with Crippen molar-refractivity contribution >= 4 is 10.0 Å². The van der Waals surface area contributed by atoms with E-state index in [1.807, 2.05) is 13.8 Å². The summed E-state index contributed by atoms with van der Waals surface area (Å²) in [6.07, 6.45) is 2.70. The quantitative estimate of drug-likeness (QED) is 0.866. The number of sulfonamides is 1. The van der Waals surface area contributed by atoms with E-state index in [2.05, 4.69) is 13.8 Å². The number of hydrogen-bond acceptors (Lipinski definition) is 3. The molecule has 0 bridgehead atoms. The summed E-state index contributed by atoms with van der Waals surface area (Å²) in [6.45, 7) is 14.4. The highest BCUT2D eigenvalue weighted by molar-refractivity contribution is 7.90. The number of piperidine rings is 1. The number of hydrogen-bond donors (Lipinski definition) is 1. The third-order valence-corrected chi connectivity index (χ3v) is 7.74. The SMILES string of the molecule is CC(C)(O)C(C)(C)CC1CCN(S(=O)(=O)C(C)(C)C)CC1. The van der Waals surface area contributed by atoms with Crippen LogP contribution in [0.4, 0.5) is 0 Å². The van der Waals surface area contributed by atoms with Crippen LogP contribution in [-0.2, 0) is 10.0 Å². The van der Waals surface area contributed by atoms with Crippen LogP contribution in [-0.4, -0.2) is 41.3 Å². The maximum atomic E-state index is 12.4. The van der Waals surface area contributed by atoms with Crippen molar-refractivity contribution in [2.75, 3.05) is 13.1 Å². The topological polar surface area (TPSA) is 57.6 Å². The van der Waals surface area contributed by atoms with E-state index < -0.39 is 20.4 Å². The van der Waals surface area contributed by atoms with Crippen LogP contribution in [0.1, 0.15) is 67.7 Å². The van der Waals surface area contributed by atoms with Crippen molar-refractivity contribution in [3.8, 4) is 0 Å². The van der Waals surface area contributed by atoms with Gasteiger partial charge in [0.25, 0.3) is 0 Å². The largest absolute Gasteiger partial charge is 0.390 e. The predicted molar refractivity (Wildman–Crippen MR) is 87.7 cm³/mol. The molecule has 21 heavy (non-hydrogen) atoms. The second-order valence-corrected chi connectivity index (χ2v) is 11.3. The molecule has 4 nitrogen and oxygen atoms in total. The Morgan fingerprint density at radius 1 is 1.00 bits per heavy atom. The van der Waals surface area contributed by atoms with Gasteiger partial charge in [-0.25, -0.2) is 12.7 Å². The third kappa shape index (κ3) is 4.20. The van der Waals surface area contributed by atoms with Crippen LogP contribution < -0.4 is 0 Å². The molecular weight excluding hydrogens is 286 g/mol. The molecule has 0 aromatic heterocycles. The van der Waals surface area contributed by atoms with Crippen molar-refractivity contribution in [1.29, 1.82) is 0 Å². The second kappa shape index (κ2) is 5.82. The normalized spacial score (nSPS) is 20.8. The molecule has 1 fully saturated rings. The van der Waals surface area contributed by atoms with Crippen LogP contribution in [0.2, 0.25) is 0 Å². The van der Waals surface area contributed by atoms with E-state index in [1.54, 1.807) is 25.1 Å². The monoisotopic (exact) mass is 319 g/mol. The van der Waals surface area contributed by atoms with Gasteiger partial charge in [0.15, 0.2) is 0 Å². The minimum absolute atomic E-state index is 0.164. The molecule has 0 amide bonds. The molecule has 0 aromatic carbocycles. The molecule has 0 radical (unpaired) electrons. The minimum atomic E-state index is -3.21. The first-order valence-electron chi connectivity index (χ1n) is 7.90. The lowest BCUT2D eigenvalue weighted by Crippen LogP contribution is -2.47. The third-order valence-electron chi connectivity index (χ3n) is 5.14. The molecular formula is C16H33NO3S. The summed E-state index contributed by atoms with van der Waals surface area (Å²) in [4.78, 5) is 0. The Morgan fingerprint density at radius 3 is 1.76 bits per heavy atom. The molecule has 1 aliphatic rings. The highest BCUT2D eigenvalue weighted by Crippen LogP contribution is 2.40. The van der Waals surface area contributed by atoms with Gasteiger partial charge in [-0.3, -0.25) is 0 Å². The van der Waals surface area contributed by atoms with Gasteiger partial charge in [-0.1, -0.05) is 13.8 Å². The van der Waals surface area contributed by atoms with Crippen LogP contribution >= 0.6 is 0 Å². The Morgan fingerprint density at radius 2 is 1.43 bits per heavy atom. The van der Waals surface area contributed by atoms with Crippen LogP contribution in [0.5, 0.6) is 0 Å². The van der Waals surface area contributed by atoms with Crippen molar-refractivity contribution < 1.29 is 13.5 Å². The molecule has 1 N–H and O–H groups in total. The number of rotatable bonds is 4. The average molecular weight is 320 g/mol. The van der Waals surface area contributed by atoms with Crippen LogP contribution in [0.3, 0.4) is 0 Å². The fraction of sp³-hybridized carbons (Fsp3) is 1.00. The van der Waals surface area contributed by atoms with Gasteiger partial charge in [0.2, 0.25) is 10.0 Å². The van der Waals surface area contributed by atoms with E-state index in [9.17, 15) is 13.5 Å². The molecule has 0 aliphatic carbocycles. The van der Waals surface area contributed by atoms with Crippen molar-refractivity contribution in [2.45, 2.75) is 78.1 Å². The maximum absolute atomic E-state index is 12.4. The Kier molecular flexibility index (Phi) is 5.24. The first kappa shape index (κ1) is 18.9. The lowest BCUT2D eigenvalue weighted by Gasteiger charge is -2.42. The molecule has 1 saturated heterocycles. The average Bonchev–Trinajstić information content (AvgIpc) is 2.26. The molecule has 1 heterocycles. The highest BCUT2D eigenvalue weighted by atomic mass is 32.2. The highest BCUT2D eigenvalue weighted by Gasteiger charge is 2.40. The van der Waals surface area contributed by atoms with Gasteiger partial charge in [0.05, 0.1) is 10.3 Å². The van der Waals surface area contributed by atoms with Gasteiger partial charge >= 0.3 is 0 Å². The van der Waals surface area contributed by atoms with Gasteiger partial charge in [0, 0.05) is 13.1 Å². The van der Waals surface area contributed by atoms with Gasteiger partial charge in [-0.15, -0.1) is 0 Å². The minimum Gasteiger partial charge on any atom is -0.390 e. The fourth-order valence-corrected chi connectivity index (χ4v) is 4.18. The predicted octanol–water partition coefficient (Wildman–Crippen LogP) is 3.01. The lowest BCUT2D eigenvalue weighted by molar-refractivity contribution is -0.0505. The summed E-state index contributed by atoms with van der Waals surface area (Å²) >= 11 is 0. The standard InChI is InChI=1S/C16H33NO3S/c1-14(2,3)21(19,20)17-10-8-13(9-11-17)12-15(4,5)16(6,7)18/h13,18H,8-12H2,1-7H3. The zero-order chi connectivity index (χ0) is 16.7. The van der Waals surface area contributed by atoms with Gasteiger partial charge in [-0.2, -0.15) is 0 Å². The number of aliphatic hydroxyl groups is 1. The Bertz CT molecular complexity index is 447. The second-order valence-electron chi connectivity index (χ2n) is 8.61. The smallest absolute Gasteiger partial charge is 0.219 e. The summed E-state index contributed by atoms with van der Waals surface area (Å²) in [5.41, 5.74) is -0.885. The van der Waals surface area contributed by atoms with Crippen LogP contribution in [0.25, 0.3) is 0 Å². The molecule has 1 aliphatic heterocycles. The van der Waals surface area contributed by atoms with Crippen LogP contribution in [0.15, 0.2) is 0 Å². The van der Waals surface area contributed by atoms with Gasteiger partial charge < -0.3 is 5.11 Å². The van der Waals surface area contributed by atoms with Crippen molar-refractivity contribution in [3.63, 3.8) is 0 Å². The van der Waals surface area contributed by atoms with E-state index in [4.69, 9.17) is 0 Å². The molecule has 0 spiro atoms. The summed E-state index contributed by atoms with van der Waals surface area (Å²) in [5.74, 6) is 0.484. The molecule has 5 heteroatoms. The zero-order valence-corrected chi connectivity index (χ0v) is 15.5. The maximum Gasteiger partial charge on any atom is 0.219 e. The molecule has 1 rings (SSSR count). The van der Waals surface area contributed by atoms with Gasteiger partial charge in [-0.05, 0) is 65.2 Å². The molecule has 0 unspecified atom stereocenters. The summed E-state index contributed by atoms with van der Waals surface area (Å²) in [7, 11) is -3.21. The summed E-state index contributed by atoms with van der Waals surface area (Å²) in [5, 5.41) is 10.3.